The molecular weight excluding hydrogens is 206 g/mol. The van der Waals surface area contributed by atoms with Gasteiger partial charge in [-0.2, -0.15) is 0 Å². The molecule has 2 heterocycles. The second kappa shape index (κ2) is 5.77. The molecule has 0 aromatic heterocycles. The molecule has 16 heavy (non-hydrogen) atoms. The maximum atomic E-state index is 9.11. The van der Waals surface area contributed by atoms with Crippen LogP contribution in [-0.4, -0.2) is 61.7 Å². The minimum Gasteiger partial charge on any atom is -0.394 e. The van der Waals surface area contributed by atoms with Gasteiger partial charge in [-0.25, -0.2) is 0 Å². The van der Waals surface area contributed by atoms with E-state index in [4.69, 9.17) is 14.6 Å². The Morgan fingerprint density at radius 2 is 2.44 bits per heavy atom. The highest BCUT2D eigenvalue weighted by atomic mass is 16.5. The summed E-state index contributed by atoms with van der Waals surface area (Å²) in [6.07, 6.45) is 3.28. The Hall–Kier alpha value is -0.420. The van der Waals surface area contributed by atoms with Crippen LogP contribution < -0.4 is 0 Å². The normalized spacial score (nSPS) is 32.5. The quantitative estimate of drug-likeness (QED) is 0.709. The van der Waals surface area contributed by atoms with Crippen LogP contribution in [0.25, 0.3) is 0 Å². The molecule has 1 saturated heterocycles. The molecule has 0 bridgehead atoms. The molecule has 2 aliphatic heterocycles. The summed E-state index contributed by atoms with van der Waals surface area (Å²) in [5.41, 5.74) is 1.36. The van der Waals surface area contributed by atoms with Gasteiger partial charge in [-0.05, 0) is 18.9 Å². The van der Waals surface area contributed by atoms with E-state index in [1.807, 2.05) is 0 Å². The van der Waals surface area contributed by atoms with E-state index < -0.39 is 0 Å². The van der Waals surface area contributed by atoms with Gasteiger partial charge < -0.3 is 14.6 Å². The number of ether oxygens (including phenoxy) is 2. The van der Waals surface area contributed by atoms with E-state index in [-0.39, 0.29) is 12.7 Å². The third-order valence-electron chi connectivity index (χ3n) is 3.23. The average Bonchev–Trinajstić information content (AvgIpc) is 2.33. The zero-order chi connectivity index (χ0) is 11.4. The molecule has 0 radical (unpaired) electrons. The molecule has 1 N–H and O–H groups in total. The molecule has 1 fully saturated rings. The molecule has 4 nitrogen and oxygen atoms in total. The smallest absolute Gasteiger partial charge is 0.0933 e. The molecule has 92 valence electrons. The molecule has 4 heteroatoms. The lowest BCUT2D eigenvalue weighted by Gasteiger charge is -2.38. The number of morpholine rings is 1. The lowest BCUT2D eigenvalue weighted by Crippen LogP contribution is -2.50. The monoisotopic (exact) mass is 227 g/mol. The molecule has 2 aliphatic rings. The Labute approximate surface area is 96.8 Å². The molecule has 0 aliphatic carbocycles. The summed E-state index contributed by atoms with van der Waals surface area (Å²) in [6, 6.07) is 0.422. The largest absolute Gasteiger partial charge is 0.394 e. The highest BCUT2D eigenvalue weighted by Crippen LogP contribution is 2.15. The van der Waals surface area contributed by atoms with Crippen LogP contribution in [0.15, 0.2) is 11.6 Å². The summed E-state index contributed by atoms with van der Waals surface area (Å²) in [4.78, 5) is 2.37. The molecule has 2 unspecified atom stereocenters. The summed E-state index contributed by atoms with van der Waals surface area (Å²) in [5, 5.41) is 9.11. The van der Waals surface area contributed by atoms with Gasteiger partial charge in [-0.15, -0.1) is 0 Å². The van der Waals surface area contributed by atoms with E-state index in [1.54, 1.807) is 0 Å². The SMILES string of the molecule is CC1COC(CO)CN1CC1=CCCOC1. The summed E-state index contributed by atoms with van der Waals surface area (Å²) in [6.45, 7) is 6.35. The lowest BCUT2D eigenvalue weighted by atomic mass is 10.1. The average molecular weight is 227 g/mol. The van der Waals surface area contributed by atoms with Gasteiger partial charge in [0.25, 0.3) is 0 Å². The Kier molecular flexibility index (Phi) is 4.35. The van der Waals surface area contributed by atoms with E-state index in [2.05, 4.69) is 17.9 Å². The maximum absolute atomic E-state index is 9.11. The van der Waals surface area contributed by atoms with Gasteiger partial charge in [-0.1, -0.05) is 6.08 Å². The molecular formula is C12H21NO3. The lowest BCUT2D eigenvalue weighted by molar-refractivity contribution is -0.0757. The highest BCUT2D eigenvalue weighted by molar-refractivity contribution is 5.08. The molecule has 0 saturated carbocycles. The third-order valence-corrected chi connectivity index (χ3v) is 3.23. The number of hydrogen-bond donors (Lipinski definition) is 1. The second-order valence-corrected chi connectivity index (χ2v) is 4.62. The van der Waals surface area contributed by atoms with Crippen LogP contribution in [-0.2, 0) is 9.47 Å². The summed E-state index contributed by atoms with van der Waals surface area (Å²) < 4.78 is 11.0. The first-order valence-electron chi connectivity index (χ1n) is 6.01. The topological polar surface area (TPSA) is 41.9 Å². The first-order chi connectivity index (χ1) is 7.79. The third kappa shape index (κ3) is 3.04. The van der Waals surface area contributed by atoms with Gasteiger partial charge in [0, 0.05) is 19.1 Å². The van der Waals surface area contributed by atoms with Crippen molar-refractivity contribution in [3.05, 3.63) is 11.6 Å². The molecule has 0 amide bonds. The number of nitrogens with zero attached hydrogens (tertiary/aromatic N) is 1. The predicted molar refractivity (Wildman–Crippen MR) is 61.4 cm³/mol. The fourth-order valence-electron chi connectivity index (χ4n) is 2.19. The van der Waals surface area contributed by atoms with E-state index >= 15 is 0 Å². The standard InChI is InChI=1S/C12H21NO3/c1-10-8-16-12(7-14)6-13(10)5-11-3-2-4-15-9-11/h3,10,12,14H,2,4-9H2,1H3. The Morgan fingerprint density at radius 3 is 3.12 bits per heavy atom. The fraction of sp³-hybridized carbons (Fsp3) is 0.833. The van der Waals surface area contributed by atoms with Crippen LogP contribution >= 0.6 is 0 Å². The first-order valence-corrected chi connectivity index (χ1v) is 6.01. The predicted octanol–water partition coefficient (Wildman–Crippen LogP) is 0.415. The van der Waals surface area contributed by atoms with Crippen molar-refractivity contribution in [2.45, 2.75) is 25.5 Å². The molecule has 2 atom stereocenters. The summed E-state index contributed by atoms with van der Waals surface area (Å²) in [5.74, 6) is 0. The van der Waals surface area contributed by atoms with Crippen LogP contribution in [0.1, 0.15) is 13.3 Å². The first kappa shape index (κ1) is 12.0. The van der Waals surface area contributed by atoms with Crippen LogP contribution in [0.3, 0.4) is 0 Å². The van der Waals surface area contributed by atoms with Gasteiger partial charge >= 0.3 is 0 Å². The van der Waals surface area contributed by atoms with Crippen LogP contribution in [0.5, 0.6) is 0 Å². The van der Waals surface area contributed by atoms with Crippen molar-refractivity contribution >= 4 is 0 Å². The number of hydrogen-bond acceptors (Lipinski definition) is 4. The van der Waals surface area contributed by atoms with E-state index in [0.717, 1.165) is 32.7 Å². The number of aliphatic hydroxyl groups is 1. The molecule has 2 rings (SSSR count). The fourth-order valence-corrected chi connectivity index (χ4v) is 2.19. The van der Waals surface area contributed by atoms with Crippen molar-refractivity contribution in [2.75, 3.05) is 39.5 Å². The van der Waals surface area contributed by atoms with Gasteiger partial charge in [0.1, 0.15) is 0 Å². The maximum Gasteiger partial charge on any atom is 0.0933 e. The number of aliphatic hydroxyl groups excluding tert-OH is 1. The van der Waals surface area contributed by atoms with Crippen LogP contribution in [0.2, 0.25) is 0 Å². The Bertz CT molecular complexity index is 255. The minimum atomic E-state index is -0.0266. The van der Waals surface area contributed by atoms with Crippen LogP contribution in [0.4, 0.5) is 0 Å². The molecule has 0 aromatic rings. The van der Waals surface area contributed by atoms with E-state index in [0.29, 0.717) is 12.6 Å². The number of rotatable bonds is 3. The van der Waals surface area contributed by atoms with E-state index in [1.165, 1.54) is 5.57 Å². The second-order valence-electron chi connectivity index (χ2n) is 4.62. The summed E-state index contributed by atoms with van der Waals surface area (Å²) >= 11 is 0. The van der Waals surface area contributed by atoms with Gasteiger partial charge in [0.15, 0.2) is 0 Å². The highest BCUT2D eigenvalue weighted by Gasteiger charge is 2.26. The molecule has 0 aromatic carbocycles. The summed E-state index contributed by atoms with van der Waals surface area (Å²) in [7, 11) is 0. The van der Waals surface area contributed by atoms with Gasteiger partial charge in [-0.3, -0.25) is 4.90 Å². The van der Waals surface area contributed by atoms with E-state index in [9.17, 15) is 0 Å². The van der Waals surface area contributed by atoms with Crippen molar-refractivity contribution < 1.29 is 14.6 Å². The molecule has 0 spiro atoms. The van der Waals surface area contributed by atoms with Gasteiger partial charge in [0.05, 0.1) is 32.5 Å². The van der Waals surface area contributed by atoms with Crippen LogP contribution in [0, 0.1) is 0 Å². The Balaban J connectivity index is 1.88. The van der Waals surface area contributed by atoms with Crippen molar-refractivity contribution in [1.29, 1.82) is 0 Å². The zero-order valence-corrected chi connectivity index (χ0v) is 9.89. The van der Waals surface area contributed by atoms with Crippen molar-refractivity contribution in [1.82, 2.24) is 4.90 Å². The van der Waals surface area contributed by atoms with Gasteiger partial charge in [0.2, 0.25) is 0 Å². The van der Waals surface area contributed by atoms with Crippen molar-refractivity contribution in [2.24, 2.45) is 0 Å². The Morgan fingerprint density at radius 1 is 1.56 bits per heavy atom. The minimum absolute atomic E-state index is 0.0266. The van der Waals surface area contributed by atoms with Crippen molar-refractivity contribution in [3.8, 4) is 0 Å². The zero-order valence-electron chi connectivity index (χ0n) is 9.89. The van der Waals surface area contributed by atoms with Crippen molar-refractivity contribution in [3.63, 3.8) is 0 Å².